The van der Waals surface area contributed by atoms with E-state index in [9.17, 15) is 9.59 Å². The Balaban J connectivity index is 1.78. The smallest absolute Gasteiger partial charge is 0.338 e. The van der Waals surface area contributed by atoms with Crippen LogP contribution in [0.5, 0.6) is 11.5 Å². The minimum absolute atomic E-state index is 0.197. The molecule has 0 saturated heterocycles. The second-order valence-electron chi connectivity index (χ2n) is 8.20. The number of aromatic nitrogens is 2. The van der Waals surface area contributed by atoms with Crippen molar-refractivity contribution in [3.05, 3.63) is 90.7 Å². The Morgan fingerprint density at radius 1 is 1.19 bits per heavy atom. The predicted molar refractivity (Wildman–Crippen MR) is 138 cm³/mol. The highest BCUT2D eigenvalue weighted by Crippen LogP contribution is 2.37. The van der Waals surface area contributed by atoms with Crippen LogP contribution in [0, 0.1) is 0 Å². The van der Waals surface area contributed by atoms with Gasteiger partial charge in [-0.15, -0.1) is 0 Å². The number of nitrogens with zero attached hydrogens (tertiary/aromatic N) is 2. The summed E-state index contributed by atoms with van der Waals surface area (Å²) in [5.74, 6) is 0.563. The summed E-state index contributed by atoms with van der Waals surface area (Å²) < 4.78 is 18.5. The van der Waals surface area contributed by atoms with Crippen LogP contribution in [0.25, 0.3) is 17.0 Å². The second kappa shape index (κ2) is 9.50. The van der Waals surface area contributed by atoms with Gasteiger partial charge in [-0.1, -0.05) is 29.5 Å². The summed E-state index contributed by atoms with van der Waals surface area (Å²) >= 11 is 1.28. The van der Waals surface area contributed by atoms with Gasteiger partial charge in [0.1, 0.15) is 17.5 Å². The third-order valence-corrected chi connectivity index (χ3v) is 7.14. The zero-order valence-corrected chi connectivity index (χ0v) is 21.1. The lowest BCUT2D eigenvalue weighted by Crippen LogP contribution is -2.40. The number of carbonyl (C=O) groups is 1. The van der Waals surface area contributed by atoms with Gasteiger partial charge in [0.05, 0.1) is 36.6 Å². The molecule has 2 aromatic heterocycles. The molecule has 0 spiro atoms. The summed E-state index contributed by atoms with van der Waals surface area (Å²) in [5, 5.41) is 1.01. The van der Waals surface area contributed by atoms with Crippen LogP contribution in [-0.4, -0.2) is 36.3 Å². The molecular weight excluding hydrogens is 478 g/mol. The van der Waals surface area contributed by atoms with Crippen molar-refractivity contribution in [3.8, 4) is 11.5 Å². The largest absolute Gasteiger partial charge is 0.497 e. The van der Waals surface area contributed by atoms with Gasteiger partial charge in [-0.3, -0.25) is 9.36 Å². The predicted octanol–water partition coefficient (Wildman–Crippen LogP) is 3.30. The third kappa shape index (κ3) is 3.91. The number of para-hydroxylation sites is 1. The number of benzene rings is 2. The number of nitrogens with one attached hydrogen (secondary N) is 1. The molecule has 1 aliphatic heterocycles. The number of ether oxygens (including phenoxy) is 3. The van der Waals surface area contributed by atoms with Gasteiger partial charge in [-0.05, 0) is 44.2 Å². The number of H-pyrrole nitrogens is 1. The number of esters is 1. The zero-order valence-electron chi connectivity index (χ0n) is 20.3. The molecule has 4 aromatic rings. The summed E-state index contributed by atoms with van der Waals surface area (Å²) in [5.41, 5.74) is 3.00. The summed E-state index contributed by atoms with van der Waals surface area (Å²) in [6.07, 6.45) is 3.73. The highest BCUT2D eigenvalue weighted by molar-refractivity contribution is 7.07. The van der Waals surface area contributed by atoms with Crippen molar-refractivity contribution in [2.24, 2.45) is 4.99 Å². The number of rotatable bonds is 6. The second-order valence-corrected chi connectivity index (χ2v) is 9.21. The van der Waals surface area contributed by atoms with Gasteiger partial charge in [-0.2, -0.15) is 0 Å². The van der Waals surface area contributed by atoms with E-state index in [1.165, 1.54) is 11.3 Å². The van der Waals surface area contributed by atoms with E-state index in [2.05, 4.69) is 9.98 Å². The molecule has 9 heteroatoms. The fourth-order valence-corrected chi connectivity index (χ4v) is 5.53. The van der Waals surface area contributed by atoms with Crippen molar-refractivity contribution < 1.29 is 19.0 Å². The SMILES string of the molecule is CCOC(=O)C1=C(C)N=c2sc(=Cc3c[nH]c4ccccc34)c(=O)n2C1c1cc(OC)ccc1OC. The molecule has 0 saturated carbocycles. The molecule has 1 aliphatic rings. The Morgan fingerprint density at radius 2 is 2.00 bits per heavy atom. The quantitative estimate of drug-likeness (QED) is 0.408. The molecule has 0 fully saturated rings. The minimum atomic E-state index is -0.796. The van der Waals surface area contributed by atoms with Crippen LogP contribution in [0.1, 0.15) is 31.0 Å². The van der Waals surface area contributed by atoms with Gasteiger partial charge >= 0.3 is 5.97 Å². The Hall–Kier alpha value is -4.11. The lowest BCUT2D eigenvalue weighted by molar-refractivity contribution is -0.139. The molecule has 0 aliphatic carbocycles. The topological polar surface area (TPSA) is 94.9 Å². The monoisotopic (exact) mass is 503 g/mol. The molecule has 0 radical (unpaired) electrons. The van der Waals surface area contributed by atoms with Crippen molar-refractivity contribution in [2.75, 3.05) is 20.8 Å². The highest BCUT2D eigenvalue weighted by Gasteiger charge is 2.35. The Bertz CT molecular complexity index is 1690. The fourth-order valence-electron chi connectivity index (χ4n) is 4.49. The normalized spacial score (nSPS) is 15.6. The molecule has 8 nitrogen and oxygen atoms in total. The number of hydrogen-bond donors (Lipinski definition) is 1. The van der Waals surface area contributed by atoms with Crippen molar-refractivity contribution in [3.63, 3.8) is 0 Å². The molecule has 36 heavy (non-hydrogen) atoms. The molecule has 0 amide bonds. The van der Waals surface area contributed by atoms with Gasteiger partial charge in [-0.25, -0.2) is 9.79 Å². The molecule has 5 rings (SSSR count). The number of hydrogen-bond acceptors (Lipinski definition) is 7. The van der Waals surface area contributed by atoms with Crippen LogP contribution in [0.15, 0.2) is 69.7 Å². The van der Waals surface area contributed by atoms with E-state index in [0.29, 0.717) is 32.1 Å². The van der Waals surface area contributed by atoms with E-state index < -0.39 is 12.0 Å². The first-order valence-electron chi connectivity index (χ1n) is 11.4. The number of fused-ring (bicyclic) bond motifs is 2. The van der Waals surface area contributed by atoms with E-state index in [1.54, 1.807) is 50.8 Å². The standard InChI is InChI=1S/C27H25N3O5S/c1-5-35-26(32)23-15(2)29-27-30(24(23)19-13-17(33-3)10-11-21(19)34-4)25(31)22(36-27)12-16-14-28-20-9-7-6-8-18(16)20/h6-14,24,28H,5H2,1-4H3. The third-order valence-electron chi connectivity index (χ3n) is 6.16. The maximum absolute atomic E-state index is 13.9. The van der Waals surface area contributed by atoms with Crippen molar-refractivity contribution in [1.29, 1.82) is 0 Å². The Labute approximate surface area is 210 Å². The van der Waals surface area contributed by atoms with E-state index in [0.717, 1.165) is 16.5 Å². The molecule has 0 bridgehead atoms. The number of carbonyl (C=O) groups excluding carboxylic acids is 1. The van der Waals surface area contributed by atoms with E-state index in [-0.39, 0.29) is 17.7 Å². The summed E-state index contributed by atoms with van der Waals surface area (Å²) in [6, 6.07) is 12.4. The van der Waals surface area contributed by atoms with Crippen LogP contribution in [0.4, 0.5) is 0 Å². The van der Waals surface area contributed by atoms with Crippen molar-refractivity contribution >= 4 is 34.3 Å². The maximum Gasteiger partial charge on any atom is 0.338 e. The molecule has 3 heterocycles. The number of allylic oxidation sites excluding steroid dienone is 1. The molecule has 1 N–H and O–H groups in total. The number of thiazole rings is 1. The Kier molecular flexibility index (Phi) is 6.24. The van der Waals surface area contributed by atoms with Gasteiger partial charge in [0.2, 0.25) is 0 Å². The molecule has 1 unspecified atom stereocenters. The van der Waals surface area contributed by atoms with E-state index >= 15 is 0 Å². The van der Waals surface area contributed by atoms with Crippen LogP contribution in [0.3, 0.4) is 0 Å². The minimum Gasteiger partial charge on any atom is -0.497 e. The van der Waals surface area contributed by atoms with Gasteiger partial charge in [0, 0.05) is 28.2 Å². The lowest BCUT2D eigenvalue weighted by Gasteiger charge is -2.26. The van der Waals surface area contributed by atoms with Crippen LogP contribution in [-0.2, 0) is 9.53 Å². The number of aromatic amines is 1. The van der Waals surface area contributed by atoms with Gasteiger partial charge < -0.3 is 19.2 Å². The molecule has 1 atom stereocenters. The van der Waals surface area contributed by atoms with Crippen molar-refractivity contribution in [1.82, 2.24) is 9.55 Å². The average molecular weight is 504 g/mol. The first-order valence-corrected chi connectivity index (χ1v) is 12.3. The van der Waals surface area contributed by atoms with E-state index in [1.807, 2.05) is 36.5 Å². The highest BCUT2D eigenvalue weighted by atomic mass is 32.1. The molecule has 2 aromatic carbocycles. The van der Waals surface area contributed by atoms with Crippen LogP contribution < -0.4 is 24.4 Å². The van der Waals surface area contributed by atoms with Crippen molar-refractivity contribution in [2.45, 2.75) is 19.9 Å². The van der Waals surface area contributed by atoms with Crippen LogP contribution >= 0.6 is 11.3 Å². The first kappa shape index (κ1) is 23.6. The lowest BCUT2D eigenvalue weighted by atomic mass is 9.94. The fraction of sp³-hybridized carbons (Fsp3) is 0.222. The average Bonchev–Trinajstić information content (AvgIpc) is 3.43. The summed E-state index contributed by atoms with van der Waals surface area (Å²) in [6.45, 7) is 3.69. The maximum atomic E-state index is 13.9. The summed E-state index contributed by atoms with van der Waals surface area (Å²) in [7, 11) is 3.11. The zero-order chi connectivity index (χ0) is 25.4. The van der Waals surface area contributed by atoms with Gasteiger partial charge in [0.25, 0.3) is 5.56 Å². The number of methoxy groups -OCH3 is 2. The van der Waals surface area contributed by atoms with E-state index in [4.69, 9.17) is 14.2 Å². The van der Waals surface area contributed by atoms with Crippen LogP contribution in [0.2, 0.25) is 0 Å². The Morgan fingerprint density at radius 3 is 2.75 bits per heavy atom. The molecule has 184 valence electrons. The summed E-state index contributed by atoms with van der Waals surface area (Å²) in [4.78, 5) is 35.4. The van der Waals surface area contributed by atoms with Gasteiger partial charge in [0.15, 0.2) is 4.80 Å². The molecular formula is C27H25N3O5S. The first-order chi connectivity index (χ1) is 17.5.